The summed E-state index contributed by atoms with van der Waals surface area (Å²) in [5.74, 6) is -0.306. The fourth-order valence-electron chi connectivity index (χ4n) is 1.38. The Morgan fingerprint density at radius 1 is 1.37 bits per heavy atom. The molecule has 6 heteroatoms. The molecule has 0 saturated carbocycles. The smallest absolute Gasteiger partial charge is 0.191 e. The second-order valence-electron chi connectivity index (χ2n) is 5.09. The van der Waals surface area contributed by atoms with Gasteiger partial charge in [0.15, 0.2) is 17.5 Å². The second kappa shape index (κ2) is 7.52. The highest BCUT2D eigenvalue weighted by atomic mass is 127. The SMILES string of the molecule is CN=C(NCc1ccc(O)c(F)c1)NC(C)(C)C.I. The van der Waals surface area contributed by atoms with Gasteiger partial charge in [-0.05, 0) is 38.5 Å². The van der Waals surface area contributed by atoms with E-state index in [1.54, 1.807) is 13.1 Å². The first-order valence-corrected chi connectivity index (χ1v) is 5.78. The number of hydrogen-bond donors (Lipinski definition) is 3. The second-order valence-corrected chi connectivity index (χ2v) is 5.09. The van der Waals surface area contributed by atoms with Crippen molar-refractivity contribution in [3.05, 3.63) is 29.6 Å². The molecule has 0 fully saturated rings. The molecule has 0 unspecified atom stereocenters. The van der Waals surface area contributed by atoms with Crippen molar-refractivity contribution in [1.29, 1.82) is 0 Å². The van der Waals surface area contributed by atoms with Gasteiger partial charge in [0.05, 0.1) is 0 Å². The fraction of sp³-hybridized carbons (Fsp3) is 0.462. The summed E-state index contributed by atoms with van der Waals surface area (Å²) in [6.45, 7) is 6.52. The Balaban J connectivity index is 0.00000324. The number of nitrogens with zero attached hydrogens (tertiary/aromatic N) is 1. The lowest BCUT2D eigenvalue weighted by Crippen LogP contribution is -2.47. The van der Waals surface area contributed by atoms with E-state index in [1.807, 2.05) is 20.8 Å². The number of aliphatic imine (C=N–C) groups is 1. The molecule has 19 heavy (non-hydrogen) atoms. The number of hydrogen-bond acceptors (Lipinski definition) is 2. The Morgan fingerprint density at radius 3 is 2.47 bits per heavy atom. The summed E-state index contributed by atoms with van der Waals surface area (Å²) in [7, 11) is 1.68. The van der Waals surface area contributed by atoms with Gasteiger partial charge in [0.25, 0.3) is 0 Å². The van der Waals surface area contributed by atoms with Crippen molar-refractivity contribution in [2.24, 2.45) is 4.99 Å². The highest BCUT2D eigenvalue weighted by Crippen LogP contribution is 2.15. The average Bonchev–Trinajstić information content (AvgIpc) is 2.27. The van der Waals surface area contributed by atoms with Gasteiger partial charge >= 0.3 is 0 Å². The van der Waals surface area contributed by atoms with Gasteiger partial charge in [0.2, 0.25) is 0 Å². The molecule has 0 spiro atoms. The molecule has 0 aliphatic heterocycles. The Kier molecular flexibility index (Phi) is 7.10. The largest absolute Gasteiger partial charge is 0.505 e. The van der Waals surface area contributed by atoms with Crippen molar-refractivity contribution < 1.29 is 9.50 Å². The van der Waals surface area contributed by atoms with Crippen LogP contribution in [-0.4, -0.2) is 23.7 Å². The average molecular weight is 381 g/mol. The molecule has 1 aromatic rings. The Hall–Kier alpha value is -1.05. The molecular formula is C13H21FIN3O. The van der Waals surface area contributed by atoms with Crippen molar-refractivity contribution in [2.45, 2.75) is 32.9 Å². The summed E-state index contributed by atoms with van der Waals surface area (Å²) in [4.78, 5) is 4.08. The van der Waals surface area contributed by atoms with Crippen molar-refractivity contribution in [2.75, 3.05) is 7.05 Å². The van der Waals surface area contributed by atoms with E-state index in [0.29, 0.717) is 12.5 Å². The highest BCUT2D eigenvalue weighted by Gasteiger charge is 2.11. The molecule has 1 aromatic carbocycles. The molecule has 0 atom stereocenters. The van der Waals surface area contributed by atoms with Crippen LogP contribution in [0.3, 0.4) is 0 Å². The minimum Gasteiger partial charge on any atom is -0.505 e. The van der Waals surface area contributed by atoms with E-state index in [4.69, 9.17) is 5.11 Å². The number of rotatable bonds is 2. The van der Waals surface area contributed by atoms with Crippen LogP contribution in [-0.2, 0) is 6.54 Å². The molecule has 0 bridgehead atoms. The van der Waals surface area contributed by atoms with E-state index in [1.165, 1.54) is 12.1 Å². The van der Waals surface area contributed by atoms with Crippen LogP contribution >= 0.6 is 24.0 Å². The Bertz CT molecular complexity index is 444. The highest BCUT2D eigenvalue weighted by molar-refractivity contribution is 14.0. The van der Waals surface area contributed by atoms with Crippen molar-refractivity contribution in [3.8, 4) is 5.75 Å². The van der Waals surface area contributed by atoms with Gasteiger partial charge in [0.1, 0.15) is 0 Å². The number of benzene rings is 1. The van der Waals surface area contributed by atoms with E-state index in [2.05, 4.69) is 15.6 Å². The topological polar surface area (TPSA) is 56.7 Å². The lowest BCUT2D eigenvalue weighted by atomic mass is 10.1. The number of phenolic OH excluding ortho intramolecular Hbond substituents is 1. The van der Waals surface area contributed by atoms with E-state index >= 15 is 0 Å². The number of aromatic hydroxyl groups is 1. The van der Waals surface area contributed by atoms with Crippen LogP contribution in [0, 0.1) is 5.82 Å². The van der Waals surface area contributed by atoms with Crippen LogP contribution in [0.5, 0.6) is 5.75 Å². The summed E-state index contributed by atoms with van der Waals surface area (Å²) in [5, 5.41) is 15.4. The van der Waals surface area contributed by atoms with Gasteiger partial charge < -0.3 is 15.7 Å². The van der Waals surface area contributed by atoms with E-state index in [0.717, 1.165) is 5.56 Å². The standard InChI is InChI=1S/C13H20FN3O.HI/c1-13(2,3)17-12(15-4)16-8-9-5-6-11(18)10(14)7-9;/h5-7,18H,8H2,1-4H3,(H2,15,16,17);1H. The van der Waals surface area contributed by atoms with Gasteiger partial charge in [0, 0.05) is 19.1 Å². The molecular weight excluding hydrogens is 360 g/mol. The number of phenols is 1. The third-order valence-electron chi connectivity index (χ3n) is 2.19. The van der Waals surface area contributed by atoms with Crippen molar-refractivity contribution in [3.63, 3.8) is 0 Å². The van der Waals surface area contributed by atoms with Gasteiger partial charge in [-0.1, -0.05) is 6.07 Å². The van der Waals surface area contributed by atoms with Crippen LogP contribution in [0.15, 0.2) is 23.2 Å². The van der Waals surface area contributed by atoms with Crippen LogP contribution in [0.25, 0.3) is 0 Å². The van der Waals surface area contributed by atoms with Crippen LogP contribution in [0.1, 0.15) is 26.3 Å². The molecule has 4 nitrogen and oxygen atoms in total. The number of nitrogens with one attached hydrogen (secondary N) is 2. The van der Waals surface area contributed by atoms with Crippen LogP contribution < -0.4 is 10.6 Å². The molecule has 0 amide bonds. The molecule has 108 valence electrons. The zero-order valence-electron chi connectivity index (χ0n) is 11.6. The molecule has 0 radical (unpaired) electrons. The third kappa shape index (κ3) is 6.60. The number of guanidine groups is 1. The third-order valence-corrected chi connectivity index (χ3v) is 2.19. The molecule has 0 aliphatic carbocycles. The zero-order chi connectivity index (χ0) is 13.8. The summed E-state index contributed by atoms with van der Waals surface area (Å²) >= 11 is 0. The minimum absolute atomic E-state index is 0. The molecule has 3 N–H and O–H groups in total. The van der Waals surface area contributed by atoms with Crippen LogP contribution in [0.2, 0.25) is 0 Å². The first-order chi connectivity index (χ1) is 8.31. The quantitative estimate of drug-likeness (QED) is 0.420. The zero-order valence-corrected chi connectivity index (χ0v) is 14.0. The fourth-order valence-corrected chi connectivity index (χ4v) is 1.38. The lowest BCUT2D eigenvalue weighted by molar-refractivity contribution is 0.431. The predicted molar refractivity (Wildman–Crippen MR) is 86.6 cm³/mol. The maximum absolute atomic E-state index is 13.1. The molecule has 0 heterocycles. The summed E-state index contributed by atoms with van der Waals surface area (Å²) in [6.07, 6.45) is 0. The molecule has 0 aromatic heterocycles. The Morgan fingerprint density at radius 2 is 2.00 bits per heavy atom. The van der Waals surface area contributed by atoms with E-state index < -0.39 is 5.82 Å². The monoisotopic (exact) mass is 381 g/mol. The summed E-state index contributed by atoms with van der Waals surface area (Å²) < 4.78 is 13.1. The first kappa shape index (κ1) is 17.9. The number of halogens is 2. The van der Waals surface area contributed by atoms with Gasteiger partial charge in [-0.2, -0.15) is 0 Å². The summed E-state index contributed by atoms with van der Waals surface area (Å²) in [5.41, 5.74) is 0.643. The molecule has 0 saturated heterocycles. The lowest BCUT2D eigenvalue weighted by Gasteiger charge is -2.23. The summed E-state index contributed by atoms with van der Waals surface area (Å²) in [6, 6.07) is 4.30. The van der Waals surface area contributed by atoms with Crippen molar-refractivity contribution >= 4 is 29.9 Å². The van der Waals surface area contributed by atoms with Gasteiger partial charge in [-0.15, -0.1) is 24.0 Å². The molecule has 1 rings (SSSR count). The van der Waals surface area contributed by atoms with Crippen LogP contribution in [0.4, 0.5) is 4.39 Å². The van der Waals surface area contributed by atoms with Crippen molar-refractivity contribution in [1.82, 2.24) is 10.6 Å². The Labute approximate surface area is 130 Å². The van der Waals surface area contributed by atoms with E-state index in [-0.39, 0.29) is 35.3 Å². The maximum atomic E-state index is 13.1. The predicted octanol–water partition coefficient (Wildman–Crippen LogP) is 2.61. The van der Waals surface area contributed by atoms with Gasteiger partial charge in [-0.25, -0.2) is 4.39 Å². The normalized spacial score (nSPS) is 11.7. The first-order valence-electron chi connectivity index (χ1n) is 5.78. The van der Waals surface area contributed by atoms with E-state index in [9.17, 15) is 4.39 Å². The molecule has 0 aliphatic rings. The van der Waals surface area contributed by atoms with Gasteiger partial charge in [-0.3, -0.25) is 4.99 Å². The maximum Gasteiger partial charge on any atom is 0.191 e. The minimum atomic E-state index is -0.618.